The van der Waals surface area contributed by atoms with Crippen molar-refractivity contribution in [2.45, 2.75) is 0 Å². The summed E-state index contributed by atoms with van der Waals surface area (Å²) >= 11 is 6.25. The lowest BCUT2D eigenvalue weighted by molar-refractivity contribution is 0.102. The van der Waals surface area contributed by atoms with Gasteiger partial charge in [0.1, 0.15) is 20.8 Å². The van der Waals surface area contributed by atoms with Gasteiger partial charge in [-0.2, -0.15) is 0 Å². The highest BCUT2D eigenvalue weighted by molar-refractivity contribution is 9.11. The van der Waals surface area contributed by atoms with Crippen molar-refractivity contribution in [3.63, 3.8) is 0 Å². The summed E-state index contributed by atoms with van der Waals surface area (Å²) in [4.78, 5) is 19.8. The lowest BCUT2D eigenvalue weighted by atomic mass is 10.2. The Morgan fingerprint density at radius 2 is 2.11 bits per heavy atom. The summed E-state index contributed by atoms with van der Waals surface area (Å²) in [6.45, 7) is 0. The van der Waals surface area contributed by atoms with E-state index in [2.05, 4.69) is 47.1 Å². The van der Waals surface area contributed by atoms with Gasteiger partial charge in [0.15, 0.2) is 5.82 Å². The minimum absolute atomic E-state index is 0.164. The number of phenols is 1. The fraction of sp³-hybridized carbons (Fsp3) is 0. The molecule has 1 aromatic carbocycles. The average Bonchev–Trinajstić information content (AvgIpc) is 2.35. The molecule has 1 amide bonds. The lowest BCUT2D eigenvalue weighted by Crippen LogP contribution is -2.14. The van der Waals surface area contributed by atoms with E-state index in [0.29, 0.717) is 9.21 Å². The van der Waals surface area contributed by atoms with Crippen LogP contribution in [0.25, 0.3) is 0 Å². The van der Waals surface area contributed by atoms with Gasteiger partial charge >= 0.3 is 0 Å². The molecule has 2 rings (SSSR count). The van der Waals surface area contributed by atoms with Crippen molar-refractivity contribution in [1.29, 1.82) is 0 Å². The van der Waals surface area contributed by atoms with Gasteiger partial charge in [0, 0.05) is 0 Å². The van der Waals surface area contributed by atoms with Gasteiger partial charge in [-0.05, 0) is 50.1 Å². The van der Waals surface area contributed by atoms with Crippen LogP contribution in [-0.4, -0.2) is 21.0 Å². The predicted molar refractivity (Wildman–Crippen MR) is 73.5 cm³/mol. The number of aromatic nitrogens is 2. The molecule has 0 spiro atoms. The molecular formula is C11H6Br2FN3O2. The molecule has 0 aliphatic rings. The molecule has 5 nitrogen and oxygen atoms in total. The fourth-order valence-electron chi connectivity index (χ4n) is 1.30. The highest BCUT2D eigenvalue weighted by Gasteiger charge is 2.15. The third-order valence-electron chi connectivity index (χ3n) is 2.14. The van der Waals surface area contributed by atoms with E-state index in [1.165, 1.54) is 6.20 Å². The van der Waals surface area contributed by atoms with Crippen molar-refractivity contribution in [3.05, 3.63) is 45.0 Å². The van der Waals surface area contributed by atoms with Crippen LogP contribution in [-0.2, 0) is 0 Å². The number of anilines is 1. The first kappa shape index (κ1) is 13.9. The number of phenolic OH excluding ortho intramolecular Hbond substituents is 1. The molecule has 0 saturated heterocycles. The first-order valence-electron chi connectivity index (χ1n) is 4.95. The maximum Gasteiger partial charge on any atom is 0.260 e. The summed E-state index contributed by atoms with van der Waals surface area (Å²) in [6.07, 6.45) is 1.39. The van der Waals surface area contributed by atoms with Crippen LogP contribution in [0.5, 0.6) is 5.75 Å². The zero-order valence-electron chi connectivity index (χ0n) is 9.19. The number of carbonyl (C=O) groups excluding carboxylic acids is 1. The largest absolute Gasteiger partial charge is 0.507 e. The van der Waals surface area contributed by atoms with Gasteiger partial charge in [0.2, 0.25) is 0 Å². The number of nitrogens with zero attached hydrogens (tertiary/aromatic N) is 2. The molecule has 8 heteroatoms. The van der Waals surface area contributed by atoms with E-state index in [-0.39, 0.29) is 17.1 Å². The second kappa shape index (κ2) is 5.62. The quantitative estimate of drug-likeness (QED) is 0.826. The van der Waals surface area contributed by atoms with Crippen molar-refractivity contribution < 1.29 is 14.3 Å². The first-order valence-corrected chi connectivity index (χ1v) is 6.54. The summed E-state index contributed by atoms with van der Waals surface area (Å²) in [5.41, 5.74) is -0.184. The molecular weight excluding hydrogens is 385 g/mol. The van der Waals surface area contributed by atoms with Gasteiger partial charge in [-0.1, -0.05) is 0 Å². The van der Waals surface area contributed by atoms with Crippen LogP contribution in [0.4, 0.5) is 10.2 Å². The van der Waals surface area contributed by atoms with Gasteiger partial charge < -0.3 is 10.4 Å². The van der Waals surface area contributed by atoms with Crippen molar-refractivity contribution >= 4 is 43.6 Å². The first-order chi connectivity index (χ1) is 8.97. The molecule has 1 aromatic heterocycles. The average molecular weight is 391 g/mol. The molecule has 0 fully saturated rings. The minimum atomic E-state index is -0.686. The highest BCUT2D eigenvalue weighted by atomic mass is 79.9. The molecule has 0 unspecified atom stereocenters. The molecule has 2 N–H and O–H groups in total. The molecule has 0 radical (unpaired) electrons. The second-order valence-electron chi connectivity index (χ2n) is 3.45. The maximum absolute atomic E-state index is 13.0. The molecule has 0 aliphatic carbocycles. The Labute approximate surface area is 124 Å². The SMILES string of the molecule is O=C(Nc1ncc(Br)nc1Br)c1cc(F)ccc1O. The van der Waals surface area contributed by atoms with Gasteiger partial charge in [0.25, 0.3) is 5.91 Å². The van der Waals surface area contributed by atoms with Crippen LogP contribution >= 0.6 is 31.9 Å². The maximum atomic E-state index is 13.0. The molecule has 0 bridgehead atoms. The summed E-state index contributed by atoms with van der Waals surface area (Å²) < 4.78 is 13.8. The van der Waals surface area contributed by atoms with E-state index in [1.807, 2.05) is 0 Å². The number of hydrogen-bond acceptors (Lipinski definition) is 4. The van der Waals surface area contributed by atoms with Crippen LogP contribution in [0.3, 0.4) is 0 Å². The van der Waals surface area contributed by atoms with E-state index >= 15 is 0 Å². The number of carbonyl (C=O) groups is 1. The van der Waals surface area contributed by atoms with Gasteiger partial charge in [0.05, 0.1) is 11.8 Å². The molecule has 2 aromatic rings. The molecule has 19 heavy (non-hydrogen) atoms. The molecule has 0 aliphatic heterocycles. The number of benzene rings is 1. The van der Waals surface area contributed by atoms with Crippen molar-refractivity contribution in [3.8, 4) is 5.75 Å². The normalized spacial score (nSPS) is 10.3. The van der Waals surface area contributed by atoms with E-state index in [9.17, 15) is 14.3 Å². The Hall–Kier alpha value is -1.54. The highest BCUT2D eigenvalue weighted by Crippen LogP contribution is 2.22. The number of amides is 1. The van der Waals surface area contributed by atoms with Crippen LogP contribution < -0.4 is 5.32 Å². The monoisotopic (exact) mass is 389 g/mol. The van der Waals surface area contributed by atoms with Crippen molar-refractivity contribution in [2.75, 3.05) is 5.32 Å². The number of halogens is 3. The van der Waals surface area contributed by atoms with Gasteiger partial charge in [-0.3, -0.25) is 4.79 Å². The molecule has 1 heterocycles. The Morgan fingerprint density at radius 1 is 1.37 bits per heavy atom. The molecule has 0 saturated carbocycles. The van der Waals surface area contributed by atoms with Crippen molar-refractivity contribution in [2.24, 2.45) is 0 Å². The van der Waals surface area contributed by atoms with E-state index < -0.39 is 11.7 Å². The summed E-state index contributed by atoms with van der Waals surface area (Å²) in [5.74, 6) is -1.46. The number of nitrogens with one attached hydrogen (secondary N) is 1. The zero-order valence-corrected chi connectivity index (χ0v) is 12.4. The Bertz CT molecular complexity index is 652. The molecule has 0 atom stereocenters. The van der Waals surface area contributed by atoms with Crippen LogP contribution in [0.1, 0.15) is 10.4 Å². The number of hydrogen-bond donors (Lipinski definition) is 2. The Morgan fingerprint density at radius 3 is 2.79 bits per heavy atom. The van der Waals surface area contributed by atoms with Gasteiger partial charge in [-0.25, -0.2) is 14.4 Å². The summed E-state index contributed by atoms with van der Waals surface area (Å²) in [5, 5.41) is 11.9. The zero-order chi connectivity index (χ0) is 14.0. The summed E-state index contributed by atoms with van der Waals surface area (Å²) in [7, 11) is 0. The summed E-state index contributed by atoms with van der Waals surface area (Å²) in [6, 6.07) is 3.10. The fourth-order valence-corrected chi connectivity index (χ4v) is 2.21. The van der Waals surface area contributed by atoms with Gasteiger partial charge in [-0.15, -0.1) is 0 Å². The standard InChI is InChI=1S/C11H6Br2FN3O2/c12-8-4-15-10(9(13)16-8)17-11(19)6-3-5(14)1-2-7(6)18/h1-4,18H,(H,15,17,19). The minimum Gasteiger partial charge on any atom is -0.507 e. The Balaban J connectivity index is 2.28. The third-order valence-corrected chi connectivity index (χ3v) is 3.07. The van der Waals surface area contributed by atoms with E-state index in [1.54, 1.807) is 0 Å². The topological polar surface area (TPSA) is 75.1 Å². The number of rotatable bonds is 2. The third kappa shape index (κ3) is 3.27. The Kier molecular flexibility index (Phi) is 4.11. The van der Waals surface area contributed by atoms with Crippen molar-refractivity contribution in [1.82, 2.24) is 9.97 Å². The predicted octanol–water partition coefficient (Wildman–Crippen LogP) is 3.10. The number of aromatic hydroxyl groups is 1. The van der Waals surface area contributed by atoms with E-state index in [4.69, 9.17) is 0 Å². The second-order valence-corrected chi connectivity index (χ2v) is 5.01. The van der Waals surface area contributed by atoms with Crippen LogP contribution in [0.2, 0.25) is 0 Å². The smallest absolute Gasteiger partial charge is 0.260 e. The molecule has 98 valence electrons. The van der Waals surface area contributed by atoms with E-state index in [0.717, 1.165) is 18.2 Å². The van der Waals surface area contributed by atoms with Crippen LogP contribution in [0.15, 0.2) is 33.6 Å². The lowest BCUT2D eigenvalue weighted by Gasteiger charge is -2.07. The van der Waals surface area contributed by atoms with Crippen LogP contribution in [0, 0.1) is 5.82 Å².